The van der Waals surface area contributed by atoms with Crippen LogP contribution in [0.15, 0.2) is 41.5 Å². The zero-order valence-corrected chi connectivity index (χ0v) is 20.8. The number of amides is 1. The number of hydrogen-bond acceptors (Lipinski definition) is 3. The van der Waals surface area contributed by atoms with E-state index in [0.29, 0.717) is 26.2 Å². The maximum absolute atomic E-state index is 11.6. The van der Waals surface area contributed by atoms with Crippen molar-refractivity contribution in [2.45, 2.75) is 20.0 Å². The fraction of sp³-hybridized carbons (Fsp3) is 0.429. The molecule has 2 aromatic rings. The molecular weight excluding hydrogens is 515 g/mol. The van der Waals surface area contributed by atoms with Gasteiger partial charge in [-0.3, -0.25) is 4.79 Å². The van der Waals surface area contributed by atoms with E-state index in [9.17, 15) is 4.79 Å². The zero-order chi connectivity index (χ0) is 20.8. The fourth-order valence-corrected chi connectivity index (χ4v) is 3.62. The van der Waals surface area contributed by atoms with Gasteiger partial charge in [0.1, 0.15) is 0 Å². The van der Waals surface area contributed by atoms with Crippen molar-refractivity contribution in [2.75, 3.05) is 38.1 Å². The van der Waals surface area contributed by atoms with E-state index in [1.807, 2.05) is 30.9 Å². The van der Waals surface area contributed by atoms with Crippen molar-refractivity contribution < 1.29 is 4.79 Å². The molecule has 1 aliphatic heterocycles. The molecule has 164 valence electrons. The van der Waals surface area contributed by atoms with Crippen molar-refractivity contribution in [1.29, 1.82) is 0 Å². The molecule has 2 N–H and O–H groups in total. The Kier molecular flexibility index (Phi) is 9.29. The van der Waals surface area contributed by atoms with Gasteiger partial charge in [0.15, 0.2) is 5.96 Å². The van der Waals surface area contributed by atoms with Crippen LogP contribution in [0.3, 0.4) is 0 Å². The van der Waals surface area contributed by atoms with Crippen LogP contribution in [-0.2, 0) is 24.9 Å². The van der Waals surface area contributed by atoms with Crippen LogP contribution in [0.5, 0.6) is 0 Å². The summed E-state index contributed by atoms with van der Waals surface area (Å²) in [6, 6.07) is 10.2. The lowest BCUT2D eigenvalue weighted by molar-refractivity contribution is -0.120. The van der Waals surface area contributed by atoms with Crippen molar-refractivity contribution in [3.05, 3.63) is 52.8 Å². The van der Waals surface area contributed by atoms with E-state index in [0.717, 1.165) is 41.0 Å². The number of nitrogens with one attached hydrogen (secondary N) is 2. The fourth-order valence-electron chi connectivity index (χ4n) is 3.35. The summed E-state index contributed by atoms with van der Waals surface area (Å²) in [7, 11) is 4.01. The lowest BCUT2D eigenvalue weighted by Crippen LogP contribution is -2.47. The van der Waals surface area contributed by atoms with Crippen molar-refractivity contribution >= 4 is 53.1 Å². The van der Waals surface area contributed by atoms with Crippen molar-refractivity contribution in [2.24, 2.45) is 12.0 Å². The summed E-state index contributed by atoms with van der Waals surface area (Å²) < 4.78 is 2.03. The molecule has 1 fully saturated rings. The second kappa shape index (κ2) is 11.5. The predicted molar refractivity (Wildman–Crippen MR) is 134 cm³/mol. The van der Waals surface area contributed by atoms with Gasteiger partial charge >= 0.3 is 0 Å². The molecule has 1 aromatic carbocycles. The van der Waals surface area contributed by atoms with E-state index in [1.54, 1.807) is 0 Å². The summed E-state index contributed by atoms with van der Waals surface area (Å²) in [5.74, 6) is 0.921. The van der Waals surface area contributed by atoms with E-state index in [-0.39, 0.29) is 29.9 Å². The highest BCUT2D eigenvalue weighted by molar-refractivity contribution is 14.0. The number of aromatic nitrogens is 1. The van der Waals surface area contributed by atoms with Crippen LogP contribution in [0.25, 0.3) is 0 Å². The van der Waals surface area contributed by atoms with Crippen LogP contribution in [0.1, 0.15) is 18.2 Å². The van der Waals surface area contributed by atoms with Crippen molar-refractivity contribution in [1.82, 2.24) is 20.1 Å². The topological polar surface area (TPSA) is 64.9 Å². The Labute approximate surface area is 200 Å². The van der Waals surface area contributed by atoms with Gasteiger partial charge in [-0.05, 0) is 30.7 Å². The summed E-state index contributed by atoms with van der Waals surface area (Å²) >= 11 is 6.10. The number of aryl methyl sites for hydroxylation is 1. The molecule has 3 rings (SSSR count). The lowest BCUT2D eigenvalue weighted by atomic mass is 10.2. The van der Waals surface area contributed by atoms with Gasteiger partial charge in [-0.1, -0.05) is 23.7 Å². The van der Waals surface area contributed by atoms with E-state index < -0.39 is 0 Å². The Hall–Kier alpha value is -1.94. The SMILES string of the molecule is CCNC(=NCc1ccc(N2CCNC(=O)C2)cc1)N(C)Cc1cc(Cl)cn1C.I. The molecule has 0 atom stereocenters. The molecule has 1 saturated heterocycles. The average Bonchev–Trinajstić information content (AvgIpc) is 3.02. The third kappa shape index (κ3) is 6.53. The predicted octanol–water partition coefficient (Wildman–Crippen LogP) is 2.83. The first-order chi connectivity index (χ1) is 14.0. The monoisotopic (exact) mass is 544 g/mol. The molecule has 0 aliphatic carbocycles. The molecule has 0 bridgehead atoms. The van der Waals surface area contributed by atoms with E-state index in [4.69, 9.17) is 16.6 Å². The molecule has 7 nitrogen and oxygen atoms in total. The number of carbonyl (C=O) groups is 1. The van der Waals surface area contributed by atoms with Gasteiger partial charge in [0.2, 0.25) is 5.91 Å². The smallest absolute Gasteiger partial charge is 0.239 e. The highest BCUT2D eigenvalue weighted by atomic mass is 127. The summed E-state index contributed by atoms with van der Waals surface area (Å²) in [6.45, 7) is 6.10. The number of halogens is 2. The number of hydrogen-bond donors (Lipinski definition) is 2. The van der Waals surface area contributed by atoms with Gasteiger partial charge in [0.25, 0.3) is 0 Å². The quantitative estimate of drug-likeness (QED) is 0.334. The van der Waals surface area contributed by atoms with Gasteiger partial charge in [0.05, 0.1) is 24.7 Å². The number of nitrogens with zero attached hydrogens (tertiary/aromatic N) is 4. The van der Waals surface area contributed by atoms with E-state index in [2.05, 4.69) is 51.6 Å². The third-order valence-corrected chi connectivity index (χ3v) is 5.13. The van der Waals surface area contributed by atoms with Crippen molar-refractivity contribution in [3.8, 4) is 0 Å². The molecule has 1 amide bonds. The first-order valence-corrected chi connectivity index (χ1v) is 10.2. The minimum Gasteiger partial charge on any atom is -0.360 e. The van der Waals surface area contributed by atoms with Crippen molar-refractivity contribution in [3.63, 3.8) is 0 Å². The Morgan fingerprint density at radius 3 is 2.67 bits per heavy atom. The van der Waals surface area contributed by atoms with Crippen LogP contribution in [0.2, 0.25) is 5.02 Å². The van der Waals surface area contributed by atoms with Crippen LogP contribution in [0, 0.1) is 0 Å². The molecule has 0 unspecified atom stereocenters. The molecule has 0 radical (unpaired) electrons. The summed E-state index contributed by atoms with van der Waals surface area (Å²) in [6.07, 6.45) is 1.91. The molecule has 1 aliphatic rings. The summed E-state index contributed by atoms with van der Waals surface area (Å²) in [4.78, 5) is 20.5. The Bertz CT molecular complexity index is 867. The third-order valence-electron chi connectivity index (χ3n) is 4.92. The molecule has 30 heavy (non-hydrogen) atoms. The Balaban J connectivity index is 0.00000320. The Morgan fingerprint density at radius 1 is 1.33 bits per heavy atom. The average molecular weight is 545 g/mol. The Morgan fingerprint density at radius 2 is 2.07 bits per heavy atom. The molecular formula is C21H30ClIN6O. The molecule has 0 spiro atoms. The van der Waals surface area contributed by atoms with Crippen LogP contribution in [0.4, 0.5) is 5.69 Å². The molecule has 9 heteroatoms. The number of aliphatic imine (C=N–C) groups is 1. The lowest BCUT2D eigenvalue weighted by Gasteiger charge is -2.28. The summed E-state index contributed by atoms with van der Waals surface area (Å²) in [5, 5.41) is 6.94. The second-order valence-electron chi connectivity index (χ2n) is 7.22. The number of guanidine groups is 1. The summed E-state index contributed by atoms with van der Waals surface area (Å²) in [5.41, 5.74) is 3.32. The largest absolute Gasteiger partial charge is 0.360 e. The van der Waals surface area contributed by atoms with Gasteiger partial charge in [-0.25, -0.2) is 4.99 Å². The number of piperazine rings is 1. The standard InChI is InChI=1S/C21H29ClN6O.HI/c1-4-23-21(27(3)14-19-11-17(22)13-26(19)2)25-12-16-5-7-18(8-6-16)28-10-9-24-20(29)15-28;/h5-8,11,13H,4,9-10,12,14-15H2,1-3H3,(H,23,25)(H,24,29);1H. The van der Waals surface area contributed by atoms with E-state index in [1.165, 1.54) is 0 Å². The van der Waals surface area contributed by atoms with Gasteiger partial charge in [-0.15, -0.1) is 24.0 Å². The minimum atomic E-state index is 0. The van der Waals surface area contributed by atoms with E-state index >= 15 is 0 Å². The highest BCUT2D eigenvalue weighted by Crippen LogP contribution is 2.17. The van der Waals surface area contributed by atoms with Gasteiger partial charge in [-0.2, -0.15) is 0 Å². The highest BCUT2D eigenvalue weighted by Gasteiger charge is 2.16. The van der Waals surface area contributed by atoms with Crippen LogP contribution >= 0.6 is 35.6 Å². The maximum Gasteiger partial charge on any atom is 0.239 e. The molecule has 0 saturated carbocycles. The maximum atomic E-state index is 11.6. The molecule has 2 heterocycles. The van der Waals surface area contributed by atoms with Gasteiger partial charge < -0.3 is 25.0 Å². The minimum absolute atomic E-state index is 0. The van der Waals surface area contributed by atoms with Crippen LogP contribution < -0.4 is 15.5 Å². The normalized spacial score (nSPS) is 14.2. The first kappa shape index (κ1) is 24.3. The van der Waals surface area contributed by atoms with Gasteiger partial charge in [0, 0.05) is 51.3 Å². The number of benzene rings is 1. The number of rotatable bonds is 6. The first-order valence-electron chi connectivity index (χ1n) is 9.87. The number of anilines is 1. The van der Waals surface area contributed by atoms with Crippen LogP contribution in [-0.4, -0.2) is 54.6 Å². The zero-order valence-electron chi connectivity index (χ0n) is 17.7. The second-order valence-corrected chi connectivity index (χ2v) is 7.66. The molecule has 1 aromatic heterocycles. The number of carbonyl (C=O) groups excluding carboxylic acids is 1.